The largest absolute Gasteiger partial charge is 0.475 e. The first-order valence-corrected chi connectivity index (χ1v) is 11.0. The SMILES string of the molecule is CC(C)C=C(C#N)C(=O)N1CCC[C@@H]1COC(=O)N[C@@H](Cc1coc2ccccc12)B(O)O. The number of rotatable bonds is 8. The zero-order valence-corrected chi connectivity index (χ0v) is 18.7. The summed E-state index contributed by atoms with van der Waals surface area (Å²) < 4.78 is 10.8. The number of amides is 2. The van der Waals surface area contributed by atoms with Crippen molar-refractivity contribution in [3.8, 4) is 6.07 Å². The van der Waals surface area contributed by atoms with Crippen molar-refractivity contribution in [3.05, 3.63) is 47.7 Å². The van der Waals surface area contributed by atoms with Gasteiger partial charge in [0.1, 0.15) is 23.8 Å². The Bertz CT molecular complexity index is 1060. The van der Waals surface area contributed by atoms with Crippen LogP contribution >= 0.6 is 0 Å². The number of alkyl carbamates (subject to hydrolysis) is 1. The fourth-order valence-electron chi connectivity index (χ4n) is 3.94. The molecule has 2 atom stereocenters. The topological polar surface area (TPSA) is 136 Å². The lowest BCUT2D eigenvalue weighted by Gasteiger charge is -2.25. The summed E-state index contributed by atoms with van der Waals surface area (Å²) in [6, 6.07) is 8.93. The Balaban J connectivity index is 1.58. The molecule has 0 unspecified atom stereocenters. The van der Waals surface area contributed by atoms with Crippen LogP contribution in [0, 0.1) is 17.2 Å². The van der Waals surface area contributed by atoms with E-state index in [0.29, 0.717) is 18.5 Å². The predicted octanol–water partition coefficient (Wildman–Crippen LogP) is 2.18. The average molecular weight is 453 g/mol. The molecule has 1 aliphatic heterocycles. The maximum absolute atomic E-state index is 12.7. The summed E-state index contributed by atoms with van der Waals surface area (Å²) in [6.07, 6.45) is 3.84. The molecule has 10 heteroatoms. The minimum Gasteiger partial charge on any atom is -0.464 e. The number of furan rings is 1. The van der Waals surface area contributed by atoms with Crippen molar-refractivity contribution in [2.24, 2.45) is 5.92 Å². The standard InChI is InChI=1S/C23H28BN3O6/c1-15(2)10-16(12-25)22(28)27-9-5-6-18(27)14-33-23(29)26-21(24(30)31)11-17-13-32-20-8-4-3-7-19(17)20/h3-4,7-8,10,13,15,18,21,30-31H,5-6,9,11,14H2,1-2H3,(H,26,29)/t18-,21+/m1/s1. The number of carbonyl (C=O) groups is 2. The van der Waals surface area contributed by atoms with E-state index in [1.165, 1.54) is 6.26 Å². The van der Waals surface area contributed by atoms with Crippen LogP contribution in [0.1, 0.15) is 32.3 Å². The number of benzene rings is 1. The molecule has 0 saturated carbocycles. The zero-order valence-electron chi connectivity index (χ0n) is 18.7. The fourth-order valence-corrected chi connectivity index (χ4v) is 3.94. The van der Waals surface area contributed by atoms with Crippen LogP contribution in [0.4, 0.5) is 4.79 Å². The highest BCUT2D eigenvalue weighted by Crippen LogP contribution is 2.23. The Kier molecular flexibility index (Phi) is 8.14. The molecule has 1 aliphatic rings. The van der Waals surface area contributed by atoms with Gasteiger partial charge in [0, 0.05) is 11.9 Å². The van der Waals surface area contributed by atoms with E-state index in [-0.39, 0.29) is 36.5 Å². The van der Waals surface area contributed by atoms with Crippen LogP contribution in [-0.4, -0.2) is 59.2 Å². The summed E-state index contributed by atoms with van der Waals surface area (Å²) in [5, 5.41) is 32.1. The lowest BCUT2D eigenvalue weighted by molar-refractivity contribution is -0.128. The summed E-state index contributed by atoms with van der Waals surface area (Å²) in [7, 11) is -1.81. The van der Waals surface area contributed by atoms with Gasteiger partial charge in [-0.15, -0.1) is 0 Å². The highest BCUT2D eigenvalue weighted by Gasteiger charge is 2.32. The van der Waals surface area contributed by atoms with Crippen molar-refractivity contribution in [2.45, 2.75) is 45.1 Å². The normalized spacial score (nSPS) is 17.2. The molecule has 33 heavy (non-hydrogen) atoms. The van der Waals surface area contributed by atoms with Gasteiger partial charge in [0.05, 0.1) is 18.2 Å². The first kappa shape index (κ1) is 24.4. The van der Waals surface area contributed by atoms with Crippen LogP contribution in [0.5, 0.6) is 0 Å². The van der Waals surface area contributed by atoms with Crippen molar-refractivity contribution >= 4 is 30.1 Å². The van der Waals surface area contributed by atoms with Crippen LogP contribution in [-0.2, 0) is 16.0 Å². The van der Waals surface area contributed by atoms with E-state index in [1.807, 2.05) is 38.1 Å². The molecular formula is C23H28BN3O6. The quantitative estimate of drug-likeness (QED) is 0.317. The van der Waals surface area contributed by atoms with Gasteiger partial charge < -0.3 is 29.4 Å². The van der Waals surface area contributed by atoms with E-state index in [2.05, 4.69) is 5.32 Å². The molecule has 0 bridgehead atoms. The number of nitriles is 1. The van der Waals surface area contributed by atoms with Gasteiger partial charge in [0.25, 0.3) is 5.91 Å². The Hall–Kier alpha value is -3.29. The number of likely N-dealkylation sites (tertiary alicyclic amines) is 1. The third kappa shape index (κ3) is 6.15. The van der Waals surface area contributed by atoms with Gasteiger partial charge in [0.2, 0.25) is 0 Å². The number of hydrogen-bond acceptors (Lipinski definition) is 7. The first-order valence-electron chi connectivity index (χ1n) is 11.0. The molecule has 9 nitrogen and oxygen atoms in total. The van der Waals surface area contributed by atoms with E-state index >= 15 is 0 Å². The minimum atomic E-state index is -1.81. The second-order valence-corrected chi connectivity index (χ2v) is 8.45. The van der Waals surface area contributed by atoms with Crippen molar-refractivity contribution in [2.75, 3.05) is 13.2 Å². The summed E-state index contributed by atoms with van der Waals surface area (Å²) in [6.45, 7) is 4.20. The van der Waals surface area contributed by atoms with Gasteiger partial charge in [-0.05, 0) is 36.8 Å². The molecule has 0 radical (unpaired) electrons. The molecule has 1 fully saturated rings. The molecule has 1 saturated heterocycles. The van der Waals surface area contributed by atoms with Gasteiger partial charge in [-0.1, -0.05) is 38.1 Å². The van der Waals surface area contributed by atoms with Gasteiger partial charge in [-0.2, -0.15) is 5.26 Å². The van der Waals surface area contributed by atoms with E-state index in [0.717, 1.165) is 17.4 Å². The molecule has 3 N–H and O–H groups in total. The average Bonchev–Trinajstić information content (AvgIpc) is 3.42. The summed E-state index contributed by atoms with van der Waals surface area (Å²) >= 11 is 0. The Morgan fingerprint density at radius 2 is 2.15 bits per heavy atom. The number of nitrogens with zero attached hydrogens (tertiary/aromatic N) is 2. The molecule has 0 aliphatic carbocycles. The first-order chi connectivity index (χ1) is 15.8. The third-order valence-corrected chi connectivity index (χ3v) is 5.56. The number of allylic oxidation sites excluding steroid dienone is 1. The van der Waals surface area contributed by atoms with Crippen LogP contribution in [0.2, 0.25) is 0 Å². The van der Waals surface area contributed by atoms with Gasteiger partial charge in [-0.25, -0.2) is 4.79 Å². The van der Waals surface area contributed by atoms with Crippen LogP contribution in [0.3, 0.4) is 0 Å². The molecule has 0 spiro atoms. The second-order valence-electron chi connectivity index (χ2n) is 8.45. The Labute approximate surface area is 192 Å². The molecule has 1 aromatic heterocycles. The minimum absolute atomic E-state index is 0.0547. The van der Waals surface area contributed by atoms with Gasteiger partial charge in [-0.3, -0.25) is 4.79 Å². The monoisotopic (exact) mass is 453 g/mol. The van der Waals surface area contributed by atoms with Gasteiger partial charge in [0.15, 0.2) is 0 Å². The zero-order chi connectivity index (χ0) is 24.0. The number of hydrogen-bond donors (Lipinski definition) is 3. The molecule has 174 valence electrons. The number of fused-ring (bicyclic) bond motifs is 1. The number of para-hydroxylation sites is 1. The van der Waals surface area contributed by atoms with Crippen LogP contribution in [0.25, 0.3) is 11.0 Å². The Morgan fingerprint density at radius 1 is 1.39 bits per heavy atom. The van der Waals surface area contributed by atoms with Crippen molar-refractivity contribution < 1.29 is 28.8 Å². The van der Waals surface area contributed by atoms with Gasteiger partial charge >= 0.3 is 13.2 Å². The lowest BCUT2D eigenvalue weighted by Crippen LogP contribution is -2.49. The molecular weight excluding hydrogens is 425 g/mol. The molecule has 3 rings (SSSR count). The summed E-state index contributed by atoms with van der Waals surface area (Å²) in [5.41, 5.74) is 1.46. The van der Waals surface area contributed by atoms with Crippen LogP contribution in [0.15, 0.2) is 46.6 Å². The molecule has 2 amide bonds. The predicted molar refractivity (Wildman–Crippen MR) is 122 cm³/mol. The fraction of sp³-hybridized carbons (Fsp3) is 0.435. The van der Waals surface area contributed by atoms with E-state index in [4.69, 9.17) is 9.15 Å². The Morgan fingerprint density at radius 3 is 2.85 bits per heavy atom. The van der Waals surface area contributed by atoms with E-state index in [9.17, 15) is 24.9 Å². The van der Waals surface area contributed by atoms with Crippen molar-refractivity contribution in [3.63, 3.8) is 0 Å². The molecule has 2 aromatic rings. The number of nitrogens with one attached hydrogen (secondary N) is 1. The number of ether oxygens (including phenoxy) is 1. The van der Waals surface area contributed by atoms with Crippen LogP contribution < -0.4 is 5.32 Å². The summed E-state index contributed by atoms with van der Waals surface area (Å²) in [4.78, 5) is 26.7. The highest BCUT2D eigenvalue weighted by atomic mass is 16.5. The van der Waals surface area contributed by atoms with Crippen molar-refractivity contribution in [1.82, 2.24) is 10.2 Å². The maximum Gasteiger partial charge on any atom is 0.475 e. The van der Waals surface area contributed by atoms with E-state index < -0.39 is 19.2 Å². The highest BCUT2D eigenvalue weighted by molar-refractivity contribution is 6.43. The maximum atomic E-state index is 12.7. The molecule has 1 aromatic carbocycles. The van der Waals surface area contributed by atoms with Crippen molar-refractivity contribution in [1.29, 1.82) is 5.26 Å². The summed E-state index contributed by atoms with van der Waals surface area (Å²) in [5.74, 6) is -1.33. The molecule has 2 heterocycles. The number of carbonyl (C=O) groups excluding carboxylic acids is 2. The van der Waals surface area contributed by atoms with E-state index in [1.54, 1.807) is 17.0 Å². The third-order valence-electron chi connectivity index (χ3n) is 5.56. The second kappa shape index (κ2) is 11.0. The lowest BCUT2D eigenvalue weighted by atomic mass is 9.76. The smallest absolute Gasteiger partial charge is 0.464 e.